The lowest BCUT2D eigenvalue weighted by Crippen LogP contribution is -2.33. The number of ether oxygens (including phenoxy) is 1. The highest BCUT2D eigenvalue weighted by Gasteiger charge is 2.23. The van der Waals surface area contributed by atoms with Crippen molar-refractivity contribution in [3.05, 3.63) is 0 Å². The fourth-order valence-electron chi connectivity index (χ4n) is 0.961. The lowest BCUT2D eigenvalue weighted by molar-refractivity contribution is 0.160. The van der Waals surface area contributed by atoms with Crippen molar-refractivity contribution in [2.24, 2.45) is 0 Å². The highest BCUT2D eigenvalue weighted by atomic mass is 32.2. The zero-order chi connectivity index (χ0) is 9.90. The van der Waals surface area contributed by atoms with Gasteiger partial charge in [0, 0.05) is 6.54 Å². The summed E-state index contributed by atoms with van der Waals surface area (Å²) < 4.78 is 28.8. The Labute approximate surface area is 76.9 Å². The fraction of sp³-hybridized carbons (Fsp3) is 0.833. The van der Waals surface area contributed by atoms with Crippen molar-refractivity contribution in [1.82, 2.24) is 9.62 Å². The van der Waals surface area contributed by atoms with Crippen molar-refractivity contribution in [3.63, 3.8) is 0 Å². The Hall–Kier alpha value is -0.820. The molecule has 1 aliphatic rings. The van der Waals surface area contributed by atoms with Crippen LogP contribution in [0.15, 0.2) is 0 Å². The zero-order valence-electron chi connectivity index (χ0n) is 7.32. The van der Waals surface area contributed by atoms with Gasteiger partial charge in [0.2, 0.25) is 10.0 Å². The fourth-order valence-corrected chi connectivity index (χ4v) is 1.63. The first-order valence-electron chi connectivity index (χ1n) is 3.88. The second-order valence-electron chi connectivity index (χ2n) is 2.62. The number of cyclic esters (lactones) is 1. The molecular weight excluding hydrogens is 196 g/mol. The topological polar surface area (TPSA) is 75.7 Å². The van der Waals surface area contributed by atoms with E-state index < -0.39 is 16.1 Å². The third-order valence-corrected chi connectivity index (χ3v) is 3.13. The molecular formula is C6H12N2O4S. The summed E-state index contributed by atoms with van der Waals surface area (Å²) in [6.07, 6.45) is -0.439. The number of nitrogens with zero attached hydrogens (tertiary/aromatic N) is 1. The van der Waals surface area contributed by atoms with Crippen molar-refractivity contribution < 1.29 is 17.9 Å². The van der Waals surface area contributed by atoms with E-state index in [-0.39, 0.29) is 12.3 Å². The van der Waals surface area contributed by atoms with Gasteiger partial charge >= 0.3 is 6.09 Å². The quantitative estimate of drug-likeness (QED) is 0.642. The lowest BCUT2D eigenvalue weighted by Gasteiger charge is -2.11. The minimum atomic E-state index is -3.23. The Bertz CT molecular complexity index is 287. The van der Waals surface area contributed by atoms with E-state index in [4.69, 9.17) is 0 Å². The van der Waals surface area contributed by atoms with Gasteiger partial charge in [-0.3, -0.25) is 0 Å². The van der Waals surface area contributed by atoms with Crippen molar-refractivity contribution in [3.8, 4) is 0 Å². The highest BCUT2D eigenvalue weighted by Crippen LogP contribution is 2.02. The largest absolute Gasteiger partial charge is 0.448 e. The van der Waals surface area contributed by atoms with Crippen LogP contribution in [0.4, 0.5) is 4.79 Å². The van der Waals surface area contributed by atoms with Gasteiger partial charge in [0.25, 0.3) is 0 Å². The Morgan fingerprint density at radius 1 is 1.62 bits per heavy atom. The van der Waals surface area contributed by atoms with Crippen LogP contribution < -0.4 is 4.72 Å². The molecule has 1 aliphatic heterocycles. The number of amides is 1. The van der Waals surface area contributed by atoms with Gasteiger partial charge in [0.15, 0.2) is 0 Å². The second-order valence-corrected chi connectivity index (χ2v) is 4.67. The molecule has 1 amide bonds. The summed E-state index contributed by atoms with van der Waals surface area (Å²) in [6, 6.07) is 0. The van der Waals surface area contributed by atoms with E-state index in [1.165, 1.54) is 11.9 Å². The van der Waals surface area contributed by atoms with Crippen molar-refractivity contribution in [1.29, 1.82) is 0 Å². The molecule has 1 rings (SSSR count). The molecule has 1 N–H and O–H groups in total. The Morgan fingerprint density at radius 2 is 2.31 bits per heavy atom. The Balaban J connectivity index is 2.38. The lowest BCUT2D eigenvalue weighted by atomic mass is 10.6. The van der Waals surface area contributed by atoms with E-state index >= 15 is 0 Å². The predicted octanol–water partition coefficient (Wildman–Crippen LogP) is -1.01. The van der Waals surface area contributed by atoms with E-state index in [0.717, 1.165) is 0 Å². The minimum absolute atomic E-state index is 0.0847. The van der Waals surface area contributed by atoms with Gasteiger partial charge in [0.05, 0.1) is 12.3 Å². The first kappa shape index (κ1) is 10.3. The van der Waals surface area contributed by atoms with Crippen LogP contribution in [0.1, 0.15) is 0 Å². The summed E-state index contributed by atoms with van der Waals surface area (Å²) in [5, 5.41) is 0. The molecule has 7 heteroatoms. The van der Waals surface area contributed by atoms with Crippen LogP contribution in [0, 0.1) is 0 Å². The number of hydrogen-bond acceptors (Lipinski definition) is 4. The molecule has 1 heterocycles. The van der Waals surface area contributed by atoms with Crippen LogP contribution in [0.5, 0.6) is 0 Å². The van der Waals surface area contributed by atoms with E-state index in [9.17, 15) is 13.2 Å². The maximum atomic E-state index is 11.0. The van der Waals surface area contributed by atoms with Gasteiger partial charge in [-0.2, -0.15) is 0 Å². The van der Waals surface area contributed by atoms with Crippen LogP contribution in [0.2, 0.25) is 0 Å². The SMILES string of the molecule is CNS(=O)(=O)CCN1CCOC1=O. The van der Waals surface area contributed by atoms with Crippen molar-refractivity contribution in [2.75, 3.05) is 32.5 Å². The number of sulfonamides is 1. The van der Waals surface area contributed by atoms with Crippen LogP contribution in [-0.2, 0) is 14.8 Å². The molecule has 76 valence electrons. The first-order valence-corrected chi connectivity index (χ1v) is 5.53. The molecule has 0 aromatic rings. The normalized spacial score (nSPS) is 17.6. The summed E-state index contributed by atoms with van der Waals surface area (Å²) in [7, 11) is -1.88. The van der Waals surface area contributed by atoms with Gasteiger partial charge in [-0.25, -0.2) is 17.9 Å². The van der Waals surface area contributed by atoms with Crippen LogP contribution in [0.3, 0.4) is 0 Å². The molecule has 0 aliphatic carbocycles. The van der Waals surface area contributed by atoms with Crippen LogP contribution in [0.25, 0.3) is 0 Å². The van der Waals surface area contributed by atoms with E-state index in [1.807, 2.05) is 0 Å². The van der Waals surface area contributed by atoms with Crippen LogP contribution in [-0.4, -0.2) is 51.9 Å². The standard InChI is InChI=1S/C6H12N2O4S/c1-7-13(10,11)5-3-8-2-4-12-6(8)9/h7H,2-5H2,1H3. The first-order chi connectivity index (χ1) is 6.05. The smallest absolute Gasteiger partial charge is 0.409 e. The van der Waals surface area contributed by atoms with Gasteiger partial charge in [-0.05, 0) is 7.05 Å². The second kappa shape index (κ2) is 3.93. The number of hydrogen-bond donors (Lipinski definition) is 1. The molecule has 6 nitrogen and oxygen atoms in total. The van der Waals surface area contributed by atoms with Gasteiger partial charge in [0.1, 0.15) is 6.61 Å². The molecule has 0 saturated carbocycles. The summed E-state index contributed by atoms with van der Waals surface area (Å²) in [4.78, 5) is 12.2. The summed E-state index contributed by atoms with van der Waals surface area (Å²) in [5.74, 6) is -0.0847. The summed E-state index contributed by atoms with van der Waals surface area (Å²) >= 11 is 0. The third-order valence-electron chi connectivity index (χ3n) is 1.79. The maximum absolute atomic E-state index is 11.0. The summed E-state index contributed by atoms with van der Waals surface area (Å²) in [5.41, 5.74) is 0. The molecule has 0 aromatic carbocycles. The molecule has 0 spiro atoms. The predicted molar refractivity (Wildman–Crippen MR) is 45.8 cm³/mol. The average molecular weight is 208 g/mol. The summed E-state index contributed by atoms with van der Waals surface area (Å²) in [6.45, 7) is 0.999. The van der Waals surface area contributed by atoms with E-state index in [2.05, 4.69) is 9.46 Å². The molecule has 0 bridgehead atoms. The monoisotopic (exact) mass is 208 g/mol. The highest BCUT2D eigenvalue weighted by molar-refractivity contribution is 7.89. The van der Waals surface area contributed by atoms with Gasteiger partial charge < -0.3 is 9.64 Å². The number of rotatable bonds is 4. The zero-order valence-corrected chi connectivity index (χ0v) is 8.13. The van der Waals surface area contributed by atoms with E-state index in [0.29, 0.717) is 13.2 Å². The maximum Gasteiger partial charge on any atom is 0.409 e. The molecule has 1 saturated heterocycles. The number of carbonyl (C=O) groups excluding carboxylic acids is 1. The number of carbonyl (C=O) groups is 1. The van der Waals surface area contributed by atoms with Gasteiger partial charge in [-0.15, -0.1) is 0 Å². The van der Waals surface area contributed by atoms with Gasteiger partial charge in [-0.1, -0.05) is 0 Å². The van der Waals surface area contributed by atoms with Crippen molar-refractivity contribution in [2.45, 2.75) is 0 Å². The minimum Gasteiger partial charge on any atom is -0.448 e. The molecule has 13 heavy (non-hydrogen) atoms. The molecule has 0 unspecified atom stereocenters. The third kappa shape index (κ3) is 2.85. The number of nitrogens with one attached hydrogen (secondary N) is 1. The molecule has 0 atom stereocenters. The van der Waals surface area contributed by atoms with Crippen molar-refractivity contribution >= 4 is 16.1 Å². The Kier molecular flexibility index (Phi) is 3.10. The van der Waals surface area contributed by atoms with E-state index in [1.54, 1.807) is 0 Å². The average Bonchev–Trinajstić information content (AvgIpc) is 2.48. The Morgan fingerprint density at radius 3 is 2.77 bits per heavy atom. The molecule has 0 radical (unpaired) electrons. The van der Waals surface area contributed by atoms with Crippen LogP contribution >= 0.6 is 0 Å². The molecule has 0 aromatic heterocycles. The molecule has 1 fully saturated rings.